The zero-order chi connectivity index (χ0) is 19.3. The number of amides is 1. The highest BCUT2D eigenvalue weighted by Gasteiger charge is 2.49. The molecule has 6 heteroatoms. The molecule has 1 aliphatic heterocycles. The van der Waals surface area contributed by atoms with Crippen molar-refractivity contribution in [2.24, 2.45) is 23.7 Å². The van der Waals surface area contributed by atoms with E-state index < -0.39 is 17.7 Å². The van der Waals surface area contributed by atoms with E-state index in [1.807, 2.05) is 0 Å². The van der Waals surface area contributed by atoms with Crippen molar-refractivity contribution in [3.63, 3.8) is 0 Å². The number of ether oxygens (including phenoxy) is 1. The van der Waals surface area contributed by atoms with E-state index in [2.05, 4.69) is 10.2 Å². The van der Waals surface area contributed by atoms with Crippen molar-refractivity contribution in [3.8, 4) is 0 Å². The highest BCUT2D eigenvalue weighted by molar-refractivity contribution is 5.81. The van der Waals surface area contributed by atoms with E-state index >= 15 is 0 Å². The molecule has 5 aliphatic rings. The molecule has 1 aromatic carbocycles. The van der Waals surface area contributed by atoms with Crippen LogP contribution in [-0.2, 0) is 16.1 Å². The van der Waals surface area contributed by atoms with E-state index in [1.54, 1.807) is 6.07 Å². The molecule has 28 heavy (non-hydrogen) atoms. The Morgan fingerprint density at radius 1 is 1.07 bits per heavy atom. The molecule has 1 aromatic rings. The van der Waals surface area contributed by atoms with Gasteiger partial charge in [0.1, 0.15) is 6.10 Å². The predicted molar refractivity (Wildman–Crippen MR) is 100 cm³/mol. The van der Waals surface area contributed by atoms with E-state index in [0.29, 0.717) is 49.7 Å². The standard InChI is InChI=1S/C22H28F2N2O2/c23-18-2-1-13(10-19(18)24)11-26-3-4-28-20(12-26)22(27)25-21-16-6-14-5-15(8-16)9-17(21)7-14/h1-2,10,14-17,20-21H,3-9,11-12H2,(H,25,27). The molecule has 1 saturated heterocycles. The highest BCUT2D eigenvalue weighted by atomic mass is 19.2. The second-order valence-corrected chi connectivity index (χ2v) is 9.31. The average Bonchev–Trinajstić information content (AvgIpc) is 2.67. The van der Waals surface area contributed by atoms with E-state index in [1.165, 1.54) is 38.2 Å². The van der Waals surface area contributed by atoms with Gasteiger partial charge in [-0.2, -0.15) is 0 Å². The van der Waals surface area contributed by atoms with Gasteiger partial charge in [0.25, 0.3) is 5.91 Å². The fourth-order valence-electron chi connectivity index (χ4n) is 6.32. The Labute approximate surface area is 164 Å². The van der Waals surface area contributed by atoms with Crippen molar-refractivity contribution in [2.75, 3.05) is 19.7 Å². The molecule has 4 bridgehead atoms. The molecule has 0 aromatic heterocycles. The van der Waals surface area contributed by atoms with Crippen molar-refractivity contribution in [2.45, 2.75) is 50.8 Å². The summed E-state index contributed by atoms with van der Waals surface area (Å²) in [5.41, 5.74) is 0.709. The van der Waals surface area contributed by atoms with Gasteiger partial charge in [-0.05, 0) is 73.5 Å². The lowest BCUT2D eigenvalue weighted by Gasteiger charge is -2.54. The molecule has 1 atom stereocenters. The summed E-state index contributed by atoms with van der Waals surface area (Å²) in [5, 5.41) is 3.33. The summed E-state index contributed by atoms with van der Waals surface area (Å²) in [6, 6.07) is 4.29. The number of hydrogen-bond donors (Lipinski definition) is 1. The van der Waals surface area contributed by atoms with E-state index in [-0.39, 0.29) is 5.91 Å². The molecule has 152 valence electrons. The molecular weight excluding hydrogens is 362 g/mol. The number of benzene rings is 1. The molecule has 5 fully saturated rings. The summed E-state index contributed by atoms with van der Waals surface area (Å²) in [6.07, 6.45) is 5.99. The van der Waals surface area contributed by atoms with Crippen LogP contribution in [0, 0.1) is 35.3 Å². The number of carbonyl (C=O) groups excluding carboxylic acids is 1. The fraction of sp³-hybridized carbons (Fsp3) is 0.682. The topological polar surface area (TPSA) is 41.6 Å². The third kappa shape index (κ3) is 3.57. The first kappa shape index (κ1) is 18.5. The minimum atomic E-state index is -0.835. The van der Waals surface area contributed by atoms with Crippen LogP contribution < -0.4 is 5.32 Å². The normalized spacial score (nSPS) is 37.2. The Bertz CT molecular complexity index is 728. The number of carbonyl (C=O) groups is 1. The van der Waals surface area contributed by atoms with Crippen molar-refractivity contribution >= 4 is 5.91 Å². The van der Waals surface area contributed by atoms with Crippen molar-refractivity contribution in [1.29, 1.82) is 0 Å². The van der Waals surface area contributed by atoms with Gasteiger partial charge in [-0.25, -0.2) is 8.78 Å². The number of hydrogen-bond acceptors (Lipinski definition) is 3. The number of nitrogens with zero attached hydrogens (tertiary/aromatic N) is 1. The maximum absolute atomic E-state index is 13.5. The zero-order valence-corrected chi connectivity index (χ0v) is 16.1. The van der Waals surface area contributed by atoms with Crippen molar-refractivity contribution in [3.05, 3.63) is 35.4 Å². The monoisotopic (exact) mass is 390 g/mol. The summed E-state index contributed by atoms with van der Waals surface area (Å²) in [5.74, 6) is 1.37. The number of nitrogens with one attached hydrogen (secondary N) is 1. The fourth-order valence-corrected chi connectivity index (χ4v) is 6.32. The van der Waals surface area contributed by atoms with Gasteiger partial charge >= 0.3 is 0 Å². The Hall–Kier alpha value is -1.53. The van der Waals surface area contributed by atoms with Crippen LogP contribution in [0.15, 0.2) is 18.2 Å². The number of halogens is 2. The molecule has 4 saturated carbocycles. The third-order valence-electron chi connectivity index (χ3n) is 7.37. The molecular formula is C22H28F2N2O2. The largest absolute Gasteiger partial charge is 0.366 e. The van der Waals surface area contributed by atoms with Gasteiger partial charge in [-0.15, -0.1) is 0 Å². The van der Waals surface area contributed by atoms with Gasteiger partial charge in [-0.3, -0.25) is 9.69 Å². The van der Waals surface area contributed by atoms with E-state index in [4.69, 9.17) is 4.74 Å². The third-order valence-corrected chi connectivity index (χ3v) is 7.37. The van der Waals surface area contributed by atoms with Crippen LogP contribution in [0.1, 0.15) is 37.7 Å². The first-order valence-electron chi connectivity index (χ1n) is 10.6. The van der Waals surface area contributed by atoms with Crippen LogP contribution in [-0.4, -0.2) is 42.6 Å². The van der Waals surface area contributed by atoms with Gasteiger partial charge in [0.05, 0.1) is 6.61 Å². The Morgan fingerprint density at radius 3 is 2.46 bits per heavy atom. The van der Waals surface area contributed by atoms with Gasteiger partial charge in [0.2, 0.25) is 0 Å². The minimum Gasteiger partial charge on any atom is -0.366 e. The molecule has 1 unspecified atom stereocenters. The summed E-state index contributed by atoms with van der Waals surface area (Å²) >= 11 is 0. The van der Waals surface area contributed by atoms with E-state index in [9.17, 15) is 13.6 Å². The molecule has 4 aliphatic carbocycles. The quantitative estimate of drug-likeness (QED) is 0.859. The van der Waals surface area contributed by atoms with E-state index in [0.717, 1.165) is 17.9 Å². The summed E-state index contributed by atoms with van der Waals surface area (Å²) in [4.78, 5) is 15.0. The summed E-state index contributed by atoms with van der Waals surface area (Å²) in [7, 11) is 0. The average molecular weight is 390 g/mol. The lowest BCUT2D eigenvalue weighted by atomic mass is 9.54. The molecule has 1 heterocycles. The van der Waals surface area contributed by atoms with Crippen molar-refractivity contribution < 1.29 is 18.3 Å². The van der Waals surface area contributed by atoms with Gasteiger partial charge in [0.15, 0.2) is 11.6 Å². The van der Waals surface area contributed by atoms with Crippen LogP contribution in [0.4, 0.5) is 8.78 Å². The maximum atomic E-state index is 13.5. The maximum Gasteiger partial charge on any atom is 0.250 e. The number of morpholine rings is 1. The van der Waals surface area contributed by atoms with Crippen LogP contribution in [0.25, 0.3) is 0 Å². The summed E-state index contributed by atoms with van der Waals surface area (Å²) < 4.78 is 32.3. The Morgan fingerprint density at radius 2 is 1.79 bits per heavy atom. The van der Waals surface area contributed by atoms with Gasteiger partial charge < -0.3 is 10.1 Å². The van der Waals surface area contributed by atoms with Gasteiger partial charge in [0, 0.05) is 25.7 Å². The SMILES string of the molecule is O=C(NC1C2CC3CC(C2)CC1C3)C1CN(Cc2ccc(F)c(F)c2)CCO1. The van der Waals surface area contributed by atoms with Crippen LogP contribution in [0.3, 0.4) is 0 Å². The Balaban J connectivity index is 1.19. The minimum absolute atomic E-state index is 0.00698. The summed E-state index contributed by atoms with van der Waals surface area (Å²) in [6.45, 7) is 2.13. The second kappa shape index (κ2) is 7.38. The predicted octanol–water partition coefficient (Wildman–Crippen LogP) is 3.11. The number of rotatable bonds is 4. The molecule has 4 nitrogen and oxygen atoms in total. The lowest BCUT2D eigenvalue weighted by molar-refractivity contribution is -0.142. The zero-order valence-electron chi connectivity index (χ0n) is 16.1. The lowest BCUT2D eigenvalue weighted by Crippen LogP contribution is -2.59. The van der Waals surface area contributed by atoms with Crippen LogP contribution >= 0.6 is 0 Å². The molecule has 1 amide bonds. The Kier molecular flexibility index (Phi) is 4.87. The first-order chi connectivity index (χ1) is 13.5. The van der Waals surface area contributed by atoms with Gasteiger partial charge in [-0.1, -0.05) is 6.07 Å². The first-order valence-corrected chi connectivity index (χ1v) is 10.6. The van der Waals surface area contributed by atoms with Crippen molar-refractivity contribution in [1.82, 2.24) is 10.2 Å². The molecule has 0 radical (unpaired) electrons. The van der Waals surface area contributed by atoms with Crippen LogP contribution in [0.2, 0.25) is 0 Å². The molecule has 0 spiro atoms. The molecule has 1 N–H and O–H groups in total. The van der Waals surface area contributed by atoms with Crippen LogP contribution in [0.5, 0.6) is 0 Å². The molecule has 6 rings (SSSR count). The highest BCUT2D eigenvalue weighted by Crippen LogP contribution is 2.53. The second-order valence-electron chi connectivity index (χ2n) is 9.31. The smallest absolute Gasteiger partial charge is 0.250 e.